The summed E-state index contributed by atoms with van der Waals surface area (Å²) in [6.07, 6.45) is 9.08. The van der Waals surface area contributed by atoms with Gasteiger partial charge in [0.25, 0.3) is 0 Å². The lowest BCUT2D eigenvalue weighted by Crippen LogP contribution is -2.52. The maximum Gasteiger partial charge on any atom is 0.0834 e. The first-order valence-electron chi connectivity index (χ1n) is 7.67. The molecule has 0 aromatic carbocycles. The molecule has 1 aromatic heterocycles. The highest BCUT2D eigenvalue weighted by Crippen LogP contribution is 2.41. The molecule has 4 nitrogen and oxygen atoms in total. The highest BCUT2D eigenvalue weighted by atomic mass is 35.5. The number of nitrogens with zero attached hydrogens (tertiary/aromatic N) is 3. The van der Waals surface area contributed by atoms with Crippen LogP contribution in [-0.4, -0.2) is 34.3 Å². The van der Waals surface area contributed by atoms with Crippen molar-refractivity contribution in [1.82, 2.24) is 14.7 Å². The molecular formula is C15H27ClN4. The molecule has 0 bridgehead atoms. The Morgan fingerprint density at radius 3 is 2.45 bits per heavy atom. The summed E-state index contributed by atoms with van der Waals surface area (Å²) in [6, 6.07) is -0.0921. The second-order valence-corrected chi connectivity index (χ2v) is 6.49. The Kier molecular flexibility index (Phi) is 5.10. The normalized spacial score (nSPS) is 20.9. The van der Waals surface area contributed by atoms with Crippen LogP contribution in [0.4, 0.5) is 0 Å². The van der Waals surface area contributed by atoms with Gasteiger partial charge in [0.05, 0.1) is 23.0 Å². The smallest absolute Gasteiger partial charge is 0.0834 e. The number of likely N-dealkylation sites (N-methyl/N-ethyl adjacent to an activating group) is 1. The van der Waals surface area contributed by atoms with E-state index in [2.05, 4.69) is 31.0 Å². The number of halogens is 1. The van der Waals surface area contributed by atoms with E-state index in [-0.39, 0.29) is 11.6 Å². The van der Waals surface area contributed by atoms with E-state index < -0.39 is 0 Å². The van der Waals surface area contributed by atoms with E-state index in [1.165, 1.54) is 25.7 Å². The summed E-state index contributed by atoms with van der Waals surface area (Å²) in [5.41, 5.74) is 7.69. The zero-order chi connectivity index (χ0) is 14.8. The van der Waals surface area contributed by atoms with Crippen LogP contribution >= 0.6 is 11.6 Å². The third kappa shape index (κ3) is 2.74. The number of rotatable bonds is 4. The van der Waals surface area contributed by atoms with E-state index in [1.807, 2.05) is 4.68 Å². The van der Waals surface area contributed by atoms with Gasteiger partial charge in [0, 0.05) is 12.1 Å². The fourth-order valence-electron chi connectivity index (χ4n) is 3.56. The molecule has 20 heavy (non-hydrogen) atoms. The topological polar surface area (TPSA) is 47.1 Å². The molecule has 1 saturated carbocycles. The van der Waals surface area contributed by atoms with Crippen LogP contribution in [0.5, 0.6) is 0 Å². The number of aromatic nitrogens is 2. The van der Waals surface area contributed by atoms with Crippen LogP contribution in [-0.2, 0) is 6.54 Å². The van der Waals surface area contributed by atoms with Gasteiger partial charge in [0.15, 0.2) is 0 Å². The van der Waals surface area contributed by atoms with Gasteiger partial charge in [-0.25, -0.2) is 0 Å². The van der Waals surface area contributed by atoms with E-state index in [0.717, 1.165) is 25.1 Å². The Morgan fingerprint density at radius 2 is 1.95 bits per heavy atom. The summed E-state index contributed by atoms with van der Waals surface area (Å²) >= 11 is 6.36. The van der Waals surface area contributed by atoms with Gasteiger partial charge < -0.3 is 10.6 Å². The van der Waals surface area contributed by atoms with Crippen LogP contribution in [0, 0.1) is 0 Å². The van der Waals surface area contributed by atoms with Crippen molar-refractivity contribution in [2.45, 2.75) is 63.6 Å². The molecule has 1 atom stereocenters. The van der Waals surface area contributed by atoms with Crippen LogP contribution in [0.25, 0.3) is 0 Å². The predicted octanol–water partition coefficient (Wildman–Crippen LogP) is 3.21. The molecule has 5 heteroatoms. The van der Waals surface area contributed by atoms with E-state index >= 15 is 0 Å². The minimum absolute atomic E-state index is 0.00685. The van der Waals surface area contributed by atoms with Crippen molar-refractivity contribution in [3.05, 3.63) is 16.9 Å². The van der Waals surface area contributed by atoms with Crippen molar-refractivity contribution in [2.24, 2.45) is 5.73 Å². The second kappa shape index (κ2) is 6.46. The molecule has 1 aromatic rings. The largest absolute Gasteiger partial charge is 0.321 e. The van der Waals surface area contributed by atoms with E-state index in [1.54, 1.807) is 6.20 Å². The molecule has 1 aliphatic rings. The zero-order valence-electron chi connectivity index (χ0n) is 12.9. The van der Waals surface area contributed by atoms with Crippen molar-refractivity contribution in [3.63, 3.8) is 0 Å². The van der Waals surface area contributed by atoms with Crippen LogP contribution < -0.4 is 5.73 Å². The van der Waals surface area contributed by atoms with Crippen molar-refractivity contribution in [3.8, 4) is 0 Å². The molecule has 0 saturated heterocycles. The molecular weight excluding hydrogens is 272 g/mol. The second-order valence-electron chi connectivity index (χ2n) is 6.08. The van der Waals surface area contributed by atoms with Gasteiger partial charge in [-0.1, -0.05) is 37.3 Å². The minimum Gasteiger partial charge on any atom is -0.321 e. The fraction of sp³-hybridized carbons (Fsp3) is 0.800. The summed E-state index contributed by atoms with van der Waals surface area (Å²) in [5.74, 6) is 0. The lowest BCUT2D eigenvalue weighted by Gasteiger charge is -2.44. The lowest BCUT2D eigenvalue weighted by atomic mass is 9.80. The van der Waals surface area contributed by atoms with Gasteiger partial charge in [0.2, 0.25) is 0 Å². The van der Waals surface area contributed by atoms with Gasteiger partial charge in [-0.15, -0.1) is 0 Å². The molecule has 2 rings (SSSR count). The Labute approximate surface area is 127 Å². The molecule has 2 N–H and O–H groups in total. The van der Waals surface area contributed by atoms with E-state index in [4.69, 9.17) is 17.3 Å². The van der Waals surface area contributed by atoms with Crippen LogP contribution in [0.3, 0.4) is 0 Å². The monoisotopic (exact) mass is 298 g/mol. The van der Waals surface area contributed by atoms with E-state index in [0.29, 0.717) is 5.02 Å². The Balaban J connectivity index is 2.40. The molecule has 1 heterocycles. The third-order valence-electron chi connectivity index (χ3n) is 4.87. The first kappa shape index (κ1) is 15.8. The third-order valence-corrected chi connectivity index (χ3v) is 5.16. The molecule has 0 aliphatic heterocycles. The van der Waals surface area contributed by atoms with Gasteiger partial charge in [0.1, 0.15) is 0 Å². The summed E-state index contributed by atoms with van der Waals surface area (Å²) < 4.78 is 1.95. The fourth-order valence-corrected chi connectivity index (χ4v) is 3.82. The molecule has 1 unspecified atom stereocenters. The standard InChI is InChI=1S/C15H27ClN4/c1-4-20-13(12(16)11-18-20)14(17)15(19(2)3)9-7-5-6-8-10-15/h11,14H,4-10,17H2,1-3H3. The average molecular weight is 299 g/mol. The maximum absolute atomic E-state index is 6.71. The van der Waals surface area contributed by atoms with Gasteiger partial charge >= 0.3 is 0 Å². The molecule has 0 radical (unpaired) electrons. The van der Waals surface area contributed by atoms with Crippen LogP contribution in [0.1, 0.15) is 57.2 Å². The molecule has 1 aliphatic carbocycles. The summed E-state index contributed by atoms with van der Waals surface area (Å²) in [5, 5.41) is 5.05. The van der Waals surface area contributed by atoms with Crippen LogP contribution in [0.15, 0.2) is 6.20 Å². The number of hydrogen-bond acceptors (Lipinski definition) is 3. The number of aryl methyl sites for hydroxylation is 1. The molecule has 0 amide bonds. The Bertz CT molecular complexity index is 433. The van der Waals surface area contributed by atoms with Crippen molar-refractivity contribution < 1.29 is 0 Å². The first-order valence-corrected chi connectivity index (χ1v) is 8.05. The highest BCUT2D eigenvalue weighted by molar-refractivity contribution is 6.31. The lowest BCUT2D eigenvalue weighted by molar-refractivity contribution is 0.0933. The minimum atomic E-state index is -0.0921. The van der Waals surface area contributed by atoms with Gasteiger partial charge in [-0.05, 0) is 33.9 Å². The Morgan fingerprint density at radius 1 is 1.35 bits per heavy atom. The number of nitrogens with two attached hydrogens (primary N) is 1. The van der Waals surface area contributed by atoms with Crippen molar-refractivity contribution >= 4 is 11.6 Å². The maximum atomic E-state index is 6.71. The van der Waals surface area contributed by atoms with Crippen LogP contribution in [0.2, 0.25) is 5.02 Å². The SMILES string of the molecule is CCn1ncc(Cl)c1C(N)C1(N(C)C)CCCCCC1. The van der Waals surface area contributed by atoms with Gasteiger partial charge in [-0.2, -0.15) is 5.10 Å². The summed E-state index contributed by atoms with van der Waals surface area (Å²) in [4.78, 5) is 2.31. The highest BCUT2D eigenvalue weighted by Gasteiger charge is 2.42. The first-order chi connectivity index (χ1) is 9.53. The molecule has 1 fully saturated rings. The number of hydrogen-bond donors (Lipinski definition) is 1. The summed E-state index contributed by atoms with van der Waals surface area (Å²) in [7, 11) is 4.29. The molecule has 114 valence electrons. The quantitative estimate of drug-likeness (QED) is 0.868. The van der Waals surface area contributed by atoms with Crippen molar-refractivity contribution in [1.29, 1.82) is 0 Å². The van der Waals surface area contributed by atoms with Gasteiger partial charge in [-0.3, -0.25) is 4.68 Å². The Hall–Kier alpha value is -0.580. The zero-order valence-corrected chi connectivity index (χ0v) is 13.7. The van der Waals surface area contributed by atoms with Crippen molar-refractivity contribution in [2.75, 3.05) is 14.1 Å². The predicted molar refractivity (Wildman–Crippen MR) is 84.0 cm³/mol. The summed E-state index contributed by atoms with van der Waals surface area (Å²) in [6.45, 7) is 2.88. The molecule has 0 spiro atoms. The van der Waals surface area contributed by atoms with E-state index in [9.17, 15) is 0 Å². The average Bonchev–Trinajstić information content (AvgIpc) is 2.65.